The lowest BCUT2D eigenvalue weighted by atomic mass is 10.1. The predicted molar refractivity (Wildman–Crippen MR) is 81.3 cm³/mol. The Balaban J connectivity index is 1.63. The number of amides is 2. The zero-order valence-electron chi connectivity index (χ0n) is 12.3. The molecule has 3 rings (SSSR count). The average Bonchev–Trinajstić information content (AvgIpc) is 3.11. The van der Waals surface area contributed by atoms with E-state index in [0.29, 0.717) is 25.4 Å². The van der Waals surface area contributed by atoms with Crippen molar-refractivity contribution in [3.8, 4) is 0 Å². The Morgan fingerprint density at radius 2 is 2.41 bits per heavy atom. The number of methoxy groups -OCH3 is 1. The number of anilines is 1. The maximum Gasteiger partial charge on any atom is 0.229 e. The van der Waals surface area contributed by atoms with Crippen molar-refractivity contribution in [3.63, 3.8) is 0 Å². The molecule has 0 saturated carbocycles. The van der Waals surface area contributed by atoms with Crippen molar-refractivity contribution in [3.05, 3.63) is 24.5 Å². The van der Waals surface area contributed by atoms with Crippen LogP contribution in [0.25, 0.3) is 11.0 Å². The number of ether oxygens (including phenoxy) is 1. The summed E-state index contributed by atoms with van der Waals surface area (Å²) in [6.45, 7) is 1.45. The highest BCUT2D eigenvalue weighted by atomic mass is 16.5. The molecule has 1 atom stereocenters. The Hall–Kier alpha value is -2.41. The van der Waals surface area contributed by atoms with E-state index in [9.17, 15) is 9.59 Å². The van der Waals surface area contributed by atoms with Gasteiger partial charge in [0.15, 0.2) is 0 Å². The number of nitrogens with one attached hydrogen (secondary N) is 2. The van der Waals surface area contributed by atoms with Gasteiger partial charge in [0.1, 0.15) is 0 Å². The summed E-state index contributed by atoms with van der Waals surface area (Å²) in [6.07, 6.45) is 1.86. The first kappa shape index (κ1) is 14.5. The Morgan fingerprint density at radius 1 is 1.55 bits per heavy atom. The quantitative estimate of drug-likeness (QED) is 0.862. The van der Waals surface area contributed by atoms with E-state index in [1.54, 1.807) is 24.4 Å². The van der Waals surface area contributed by atoms with Crippen molar-refractivity contribution < 1.29 is 14.3 Å². The van der Waals surface area contributed by atoms with E-state index in [0.717, 1.165) is 11.0 Å². The lowest BCUT2D eigenvalue weighted by molar-refractivity contribution is -0.128. The third-order valence-electron chi connectivity index (χ3n) is 3.84. The fourth-order valence-electron chi connectivity index (χ4n) is 2.62. The lowest BCUT2D eigenvalue weighted by Crippen LogP contribution is -2.30. The molecule has 1 aliphatic rings. The number of nitrogens with zero attached hydrogens (tertiary/aromatic N) is 2. The molecule has 7 heteroatoms. The van der Waals surface area contributed by atoms with Gasteiger partial charge in [0.2, 0.25) is 11.8 Å². The Morgan fingerprint density at radius 3 is 3.23 bits per heavy atom. The van der Waals surface area contributed by atoms with E-state index in [1.165, 1.54) is 0 Å². The van der Waals surface area contributed by atoms with Gasteiger partial charge in [-0.15, -0.1) is 0 Å². The van der Waals surface area contributed by atoms with Gasteiger partial charge in [-0.25, -0.2) is 4.98 Å². The first-order valence-electron chi connectivity index (χ1n) is 7.18. The molecule has 0 aliphatic carbocycles. The van der Waals surface area contributed by atoms with E-state index in [2.05, 4.69) is 15.3 Å². The predicted octanol–water partition coefficient (Wildman–Crippen LogP) is 0.996. The van der Waals surface area contributed by atoms with Gasteiger partial charge in [0, 0.05) is 32.3 Å². The number of hydrogen-bond donors (Lipinski definition) is 2. The topological polar surface area (TPSA) is 87.3 Å². The molecule has 22 heavy (non-hydrogen) atoms. The number of aromatic amines is 1. The second-order valence-corrected chi connectivity index (χ2v) is 5.36. The third-order valence-corrected chi connectivity index (χ3v) is 3.84. The van der Waals surface area contributed by atoms with E-state index < -0.39 is 0 Å². The number of rotatable bonds is 5. The van der Waals surface area contributed by atoms with Crippen LogP contribution in [0, 0.1) is 5.92 Å². The Labute approximate surface area is 127 Å². The van der Waals surface area contributed by atoms with Gasteiger partial charge in [0.05, 0.1) is 29.9 Å². The SMILES string of the molecule is COCCN1CC(C(=O)Nc2ccc3nc[nH]c3c2)CC1=O. The molecular formula is C15H18N4O3. The van der Waals surface area contributed by atoms with Gasteiger partial charge in [-0.3, -0.25) is 9.59 Å². The van der Waals surface area contributed by atoms with Crippen molar-refractivity contribution in [2.75, 3.05) is 32.1 Å². The third kappa shape index (κ3) is 2.94. The first-order chi connectivity index (χ1) is 10.7. The van der Waals surface area contributed by atoms with Crippen LogP contribution in [0.3, 0.4) is 0 Å². The summed E-state index contributed by atoms with van der Waals surface area (Å²) in [5, 5.41) is 2.87. The van der Waals surface area contributed by atoms with Crippen LogP contribution in [-0.4, -0.2) is 53.5 Å². The van der Waals surface area contributed by atoms with Crippen LogP contribution in [0.15, 0.2) is 24.5 Å². The molecule has 2 heterocycles. The fourth-order valence-corrected chi connectivity index (χ4v) is 2.62. The van der Waals surface area contributed by atoms with Crippen LogP contribution >= 0.6 is 0 Å². The largest absolute Gasteiger partial charge is 0.383 e. The number of hydrogen-bond acceptors (Lipinski definition) is 4. The monoisotopic (exact) mass is 302 g/mol. The summed E-state index contributed by atoms with van der Waals surface area (Å²) in [7, 11) is 1.59. The molecule has 116 valence electrons. The molecule has 7 nitrogen and oxygen atoms in total. The van der Waals surface area contributed by atoms with Crippen LogP contribution in [0.4, 0.5) is 5.69 Å². The molecule has 1 unspecified atom stereocenters. The lowest BCUT2D eigenvalue weighted by Gasteiger charge is -2.15. The van der Waals surface area contributed by atoms with Gasteiger partial charge < -0.3 is 19.9 Å². The van der Waals surface area contributed by atoms with E-state index in [1.807, 2.05) is 12.1 Å². The molecule has 1 aromatic heterocycles. The zero-order chi connectivity index (χ0) is 15.5. The maximum absolute atomic E-state index is 12.3. The normalized spacial score (nSPS) is 18.1. The highest BCUT2D eigenvalue weighted by Crippen LogP contribution is 2.21. The van der Waals surface area contributed by atoms with Crippen LogP contribution in [0.2, 0.25) is 0 Å². The average molecular weight is 302 g/mol. The summed E-state index contributed by atoms with van der Waals surface area (Å²) < 4.78 is 4.97. The molecule has 1 fully saturated rings. The highest BCUT2D eigenvalue weighted by Gasteiger charge is 2.33. The number of imidazole rings is 1. The zero-order valence-corrected chi connectivity index (χ0v) is 12.3. The summed E-state index contributed by atoms with van der Waals surface area (Å²) in [4.78, 5) is 33.0. The summed E-state index contributed by atoms with van der Waals surface area (Å²) in [5.41, 5.74) is 2.41. The minimum atomic E-state index is -0.318. The molecule has 1 aromatic carbocycles. The van der Waals surface area contributed by atoms with E-state index >= 15 is 0 Å². The van der Waals surface area contributed by atoms with Crippen molar-refractivity contribution >= 4 is 28.5 Å². The molecule has 0 spiro atoms. The Kier molecular flexibility index (Phi) is 4.06. The molecule has 0 bridgehead atoms. The summed E-state index contributed by atoms with van der Waals surface area (Å²) in [6, 6.07) is 5.48. The highest BCUT2D eigenvalue weighted by molar-refractivity contribution is 5.98. The number of fused-ring (bicyclic) bond motifs is 1. The molecular weight excluding hydrogens is 284 g/mol. The summed E-state index contributed by atoms with van der Waals surface area (Å²) in [5.74, 6) is -0.449. The molecule has 1 aliphatic heterocycles. The van der Waals surface area contributed by atoms with Gasteiger partial charge in [-0.2, -0.15) is 0 Å². The molecule has 2 amide bonds. The standard InChI is InChI=1S/C15H18N4O3/c1-22-5-4-19-8-10(6-14(19)20)15(21)18-11-2-3-12-13(7-11)17-9-16-12/h2-3,7,9-10H,4-6,8H2,1H3,(H,16,17)(H,18,21). The van der Waals surface area contributed by atoms with Crippen molar-refractivity contribution in [2.24, 2.45) is 5.92 Å². The Bertz CT molecular complexity index is 697. The number of carbonyl (C=O) groups is 2. The van der Waals surface area contributed by atoms with Crippen LogP contribution in [-0.2, 0) is 14.3 Å². The van der Waals surface area contributed by atoms with Gasteiger partial charge in [-0.05, 0) is 18.2 Å². The van der Waals surface area contributed by atoms with Gasteiger partial charge in [-0.1, -0.05) is 0 Å². The number of benzene rings is 1. The number of likely N-dealkylation sites (tertiary alicyclic amines) is 1. The first-order valence-corrected chi connectivity index (χ1v) is 7.18. The smallest absolute Gasteiger partial charge is 0.229 e. The van der Waals surface area contributed by atoms with E-state index in [4.69, 9.17) is 4.74 Å². The number of aromatic nitrogens is 2. The van der Waals surface area contributed by atoms with Crippen LogP contribution in [0.1, 0.15) is 6.42 Å². The molecule has 2 N–H and O–H groups in total. The second kappa shape index (κ2) is 6.15. The van der Waals surface area contributed by atoms with Crippen molar-refractivity contribution in [1.82, 2.24) is 14.9 Å². The van der Waals surface area contributed by atoms with Gasteiger partial charge >= 0.3 is 0 Å². The molecule has 2 aromatic rings. The van der Waals surface area contributed by atoms with Crippen LogP contribution < -0.4 is 5.32 Å². The van der Waals surface area contributed by atoms with Crippen molar-refractivity contribution in [2.45, 2.75) is 6.42 Å². The molecule has 1 saturated heterocycles. The van der Waals surface area contributed by atoms with E-state index in [-0.39, 0.29) is 24.2 Å². The van der Waals surface area contributed by atoms with Crippen LogP contribution in [0.5, 0.6) is 0 Å². The van der Waals surface area contributed by atoms with Crippen molar-refractivity contribution in [1.29, 1.82) is 0 Å². The van der Waals surface area contributed by atoms with Gasteiger partial charge in [0.25, 0.3) is 0 Å². The minimum Gasteiger partial charge on any atom is -0.383 e. The molecule has 0 radical (unpaired) electrons. The number of carbonyl (C=O) groups excluding carboxylic acids is 2. The maximum atomic E-state index is 12.3. The second-order valence-electron chi connectivity index (χ2n) is 5.36. The number of H-pyrrole nitrogens is 1. The summed E-state index contributed by atoms with van der Waals surface area (Å²) >= 11 is 0. The fraction of sp³-hybridized carbons (Fsp3) is 0.400. The minimum absolute atomic E-state index is 0.00113.